The van der Waals surface area contributed by atoms with Crippen molar-refractivity contribution in [3.63, 3.8) is 0 Å². The number of aliphatic imine (C=N–C) groups is 1. The normalized spacial score (nSPS) is 15.5. The van der Waals surface area contributed by atoms with Crippen LogP contribution in [0, 0.1) is 0 Å². The first-order valence-corrected chi connectivity index (χ1v) is 11.9. The van der Waals surface area contributed by atoms with Crippen LogP contribution in [0.2, 0.25) is 0 Å². The number of nitrogens with zero attached hydrogens (tertiary/aromatic N) is 2. The molecule has 1 aliphatic rings. The topological polar surface area (TPSA) is 114 Å². The van der Waals surface area contributed by atoms with Gasteiger partial charge in [0.05, 0.1) is 6.04 Å². The highest BCUT2D eigenvalue weighted by atomic mass is 16.2. The molecule has 0 bridgehead atoms. The fourth-order valence-electron chi connectivity index (χ4n) is 4.40. The molecule has 35 heavy (non-hydrogen) atoms. The molecule has 0 unspecified atom stereocenters. The van der Waals surface area contributed by atoms with Crippen molar-refractivity contribution in [2.24, 2.45) is 16.5 Å². The van der Waals surface area contributed by atoms with Crippen molar-refractivity contribution in [1.82, 2.24) is 10.2 Å². The summed E-state index contributed by atoms with van der Waals surface area (Å²) in [6.07, 6.45) is 1.84. The van der Waals surface area contributed by atoms with Crippen LogP contribution < -0.4 is 16.8 Å². The third kappa shape index (κ3) is 5.25. The molecule has 1 aliphatic heterocycles. The summed E-state index contributed by atoms with van der Waals surface area (Å²) in [4.78, 5) is 32.3. The second-order valence-corrected chi connectivity index (χ2v) is 8.66. The average molecular weight is 470 g/mol. The largest absolute Gasteiger partial charge is 0.369 e. The quantitative estimate of drug-likeness (QED) is 0.396. The fraction of sp³-hybridized carbons (Fsp3) is 0.250. The lowest BCUT2D eigenvalue weighted by atomic mass is 9.83. The molecule has 180 valence electrons. The highest BCUT2D eigenvalue weighted by molar-refractivity contribution is 6.09. The summed E-state index contributed by atoms with van der Waals surface area (Å²) in [5, 5.41) is 2.89. The van der Waals surface area contributed by atoms with Gasteiger partial charge < -0.3 is 16.8 Å². The van der Waals surface area contributed by atoms with Crippen LogP contribution in [-0.2, 0) is 21.5 Å². The fourth-order valence-corrected chi connectivity index (χ4v) is 4.40. The SMILES string of the molecule is NC1=NC(c2ccccc2)(c2ccccc2)C(=O)N1CCCCNC(=O)[C@H](N)Cc1ccccc1. The summed E-state index contributed by atoms with van der Waals surface area (Å²) in [5.74, 6) is -0.141. The number of amides is 2. The van der Waals surface area contributed by atoms with E-state index in [0.717, 1.165) is 16.7 Å². The molecule has 2 amide bonds. The molecular formula is C28H31N5O2. The van der Waals surface area contributed by atoms with Gasteiger partial charge in [-0.2, -0.15) is 0 Å². The van der Waals surface area contributed by atoms with Crippen LogP contribution in [0.25, 0.3) is 0 Å². The predicted octanol–water partition coefficient (Wildman–Crippen LogP) is 2.55. The van der Waals surface area contributed by atoms with E-state index in [2.05, 4.69) is 5.32 Å². The van der Waals surface area contributed by atoms with Crippen LogP contribution in [0.4, 0.5) is 0 Å². The number of nitrogens with two attached hydrogens (primary N) is 2. The monoisotopic (exact) mass is 469 g/mol. The highest BCUT2D eigenvalue weighted by Crippen LogP contribution is 2.39. The van der Waals surface area contributed by atoms with Crippen molar-refractivity contribution in [2.45, 2.75) is 30.8 Å². The van der Waals surface area contributed by atoms with Crippen molar-refractivity contribution in [2.75, 3.05) is 13.1 Å². The molecule has 1 heterocycles. The maximum atomic E-state index is 13.7. The predicted molar refractivity (Wildman–Crippen MR) is 137 cm³/mol. The number of benzene rings is 3. The van der Waals surface area contributed by atoms with Gasteiger partial charge in [0, 0.05) is 13.1 Å². The number of guanidine groups is 1. The second kappa shape index (κ2) is 11.0. The number of unbranched alkanes of at least 4 members (excludes halogenated alkanes) is 1. The summed E-state index contributed by atoms with van der Waals surface area (Å²) in [7, 11) is 0. The van der Waals surface area contributed by atoms with Crippen molar-refractivity contribution in [3.8, 4) is 0 Å². The molecule has 0 saturated carbocycles. The maximum absolute atomic E-state index is 13.7. The molecule has 0 radical (unpaired) electrons. The van der Waals surface area contributed by atoms with Crippen LogP contribution in [0.5, 0.6) is 0 Å². The van der Waals surface area contributed by atoms with Gasteiger partial charge in [0.1, 0.15) is 0 Å². The minimum Gasteiger partial charge on any atom is -0.369 e. The smallest absolute Gasteiger partial charge is 0.266 e. The van der Waals surface area contributed by atoms with E-state index in [0.29, 0.717) is 32.4 Å². The van der Waals surface area contributed by atoms with Gasteiger partial charge in [0.2, 0.25) is 5.91 Å². The second-order valence-electron chi connectivity index (χ2n) is 8.66. The van der Waals surface area contributed by atoms with E-state index in [1.807, 2.05) is 91.0 Å². The summed E-state index contributed by atoms with van der Waals surface area (Å²) in [5.41, 5.74) is 13.7. The molecule has 0 fully saturated rings. The first kappa shape index (κ1) is 24.2. The minimum absolute atomic E-state index is 0.165. The van der Waals surface area contributed by atoms with Gasteiger partial charge in [-0.15, -0.1) is 0 Å². The molecule has 3 aromatic carbocycles. The zero-order valence-corrected chi connectivity index (χ0v) is 19.6. The van der Waals surface area contributed by atoms with E-state index < -0.39 is 11.6 Å². The average Bonchev–Trinajstić information content (AvgIpc) is 3.15. The first-order valence-electron chi connectivity index (χ1n) is 11.9. The maximum Gasteiger partial charge on any atom is 0.266 e. The molecule has 4 rings (SSSR count). The number of rotatable bonds is 10. The number of carbonyl (C=O) groups excluding carboxylic acids is 2. The molecule has 0 aromatic heterocycles. The van der Waals surface area contributed by atoms with Gasteiger partial charge in [0.25, 0.3) is 5.91 Å². The lowest BCUT2D eigenvalue weighted by molar-refractivity contribution is -0.130. The summed E-state index contributed by atoms with van der Waals surface area (Å²) in [6, 6.07) is 28.1. The molecule has 7 nitrogen and oxygen atoms in total. The lowest BCUT2D eigenvalue weighted by Gasteiger charge is -2.27. The van der Waals surface area contributed by atoms with Gasteiger partial charge in [-0.3, -0.25) is 14.5 Å². The molecular weight excluding hydrogens is 438 g/mol. The van der Waals surface area contributed by atoms with Gasteiger partial charge >= 0.3 is 0 Å². The Hall–Kier alpha value is -3.97. The number of hydrogen-bond donors (Lipinski definition) is 3. The third-order valence-corrected chi connectivity index (χ3v) is 6.24. The molecule has 5 N–H and O–H groups in total. The van der Waals surface area contributed by atoms with Crippen LogP contribution >= 0.6 is 0 Å². The number of hydrogen-bond acceptors (Lipinski definition) is 5. The standard InChI is InChI=1S/C28H31N5O2/c29-24(20-21-12-4-1-5-13-21)25(34)31-18-10-11-19-33-26(35)28(32-27(33)30,22-14-6-2-7-15-22)23-16-8-3-9-17-23/h1-9,12-17,24H,10-11,18-20,29H2,(H2,30,32)(H,31,34)/t24-/m1/s1. The number of nitrogens with one attached hydrogen (secondary N) is 1. The van der Waals surface area contributed by atoms with Crippen molar-refractivity contribution < 1.29 is 9.59 Å². The van der Waals surface area contributed by atoms with Crippen molar-refractivity contribution in [3.05, 3.63) is 108 Å². The highest BCUT2D eigenvalue weighted by Gasteiger charge is 2.50. The zero-order chi connectivity index (χ0) is 24.7. The Morgan fingerprint density at radius 3 is 2.00 bits per heavy atom. The van der Waals surface area contributed by atoms with Gasteiger partial charge in [-0.1, -0.05) is 91.0 Å². The van der Waals surface area contributed by atoms with Crippen molar-refractivity contribution >= 4 is 17.8 Å². The summed E-state index contributed by atoms with van der Waals surface area (Å²) in [6.45, 7) is 0.893. The minimum atomic E-state index is -1.19. The summed E-state index contributed by atoms with van der Waals surface area (Å²) >= 11 is 0. The van der Waals surface area contributed by atoms with Crippen molar-refractivity contribution in [1.29, 1.82) is 0 Å². The van der Waals surface area contributed by atoms with Crippen LogP contribution in [0.1, 0.15) is 29.5 Å². The first-order chi connectivity index (χ1) is 17.0. The van der Waals surface area contributed by atoms with Crippen LogP contribution in [0.3, 0.4) is 0 Å². The molecule has 0 spiro atoms. The Morgan fingerprint density at radius 2 is 1.43 bits per heavy atom. The molecule has 3 aromatic rings. The van der Waals surface area contributed by atoms with Crippen LogP contribution in [0.15, 0.2) is 96.0 Å². The van der Waals surface area contributed by atoms with E-state index in [1.54, 1.807) is 4.90 Å². The molecule has 0 aliphatic carbocycles. The van der Waals surface area contributed by atoms with E-state index in [-0.39, 0.29) is 17.8 Å². The summed E-state index contributed by atoms with van der Waals surface area (Å²) < 4.78 is 0. The molecule has 7 heteroatoms. The Balaban J connectivity index is 1.34. The van der Waals surface area contributed by atoms with Crippen LogP contribution in [-0.4, -0.2) is 41.8 Å². The Bertz CT molecular complexity index is 1130. The molecule has 1 atom stereocenters. The van der Waals surface area contributed by atoms with E-state index in [9.17, 15) is 9.59 Å². The van der Waals surface area contributed by atoms with Gasteiger partial charge in [-0.05, 0) is 36.0 Å². The third-order valence-electron chi connectivity index (χ3n) is 6.24. The van der Waals surface area contributed by atoms with Gasteiger partial charge in [0.15, 0.2) is 11.5 Å². The van der Waals surface area contributed by atoms with Gasteiger partial charge in [-0.25, -0.2) is 4.99 Å². The van der Waals surface area contributed by atoms with E-state index in [1.165, 1.54) is 0 Å². The Labute approximate surface area is 205 Å². The van der Waals surface area contributed by atoms with E-state index in [4.69, 9.17) is 16.5 Å². The Morgan fingerprint density at radius 1 is 0.886 bits per heavy atom. The molecule has 0 saturated heterocycles. The number of carbonyl (C=O) groups is 2. The van der Waals surface area contributed by atoms with E-state index >= 15 is 0 Å². The Kier molecular flexibility index (Phi) is 7.57. The zero-order valence-electron chi connectivity index (χ0n) is 19.6. The lowest BCUT2D eigenvalue weighted by Crippen LogP contribution is -2.44.